The largest absolute Gasteiger partial charge is 0.279 e. The van der Waals surface area contributed by atoms with Crippen LogP contribution >= 0.6 is 27.5 Å². The Balaban J connectivity index is 2.43. The van der Waals surface area contributed by atoms with Gasteiger partial charge in [0.15, 0.2) is 0 Å². The maximum Gasteiger partial charge on any atom is 0.261 e. The summed E-state index contributed by atoms with van der Waals surface area (Å²) in [6.07, 6.45) is 0. The normalized spacial score (nSPS) is 11.4. The Hall–Kier alpha value is -1.04. The summed E-state index contributed by atoms with van der Waals surface area (Å²) in [6, 6.07) is 10.1. The highest BCUT2D eigenvalue weighted by molar-refractivity contribution is 9.10. The lowest BCUT2D eigenvalue weighted by atomic mass is 10.1. The Morgan fingerprint density at radius 1 is 1.10 bits per heavy atom. The predicted octanol–water partition coefficient (Wildman–Crippen LogP) is 4.52. The van der Waals surface area contributed by atoms with Gasteiger partial charge < -0.3 is 0 Å². The van der Waals surface area contributed by atoms with Gasteiger partial charge in [0.1, 0.15) is 0 Å². The Kier molecular flexibility index (Phi) is 4.42. The molecular weight excluding hydrogens is 362 g/mol. The maximum absolute atomic E-state index is 12.4. The summed E-state index contributed by atoms with van der Waals surface area (Å²) < 4.78 is 28.0. The van der Waals surface area contributed by atoms with Gasteiger partial charge in [0, 0.05) is 4.47 Å². The maximum atomic E-state index is 12.4. The van der Waals surface area contributed by atoms with E-state index in [4.69, 9.17) is 11.6 Å². The second-order valence-electron chi connectivity index (χ2n) is 4.45. The summed E-state index contributed by atoms with van der Waals surface area (Å²) in [7, 11) is -3.64. The molecule has 2 aromatic rings. The highest BCUT2D eigenvalue weighted by Gasteiger charge is 2.17. The van der Waals surface area contributed by atoms with Gasteiger partial charge in [0.05, 0.1) is 15.6 Å². The van der Waals surface area contributed by atoms with Crippen LogP contribution in [0.1, 0.15) is 11.1 Å². The van der Waals surface area contributed by atoms with E-state index < -0.39 is 10.0 Å². The number of nitrogens with one attached hydrogen (secondary N) is 1. The Labute approximate surface area is 132 Å². The van der Waals surface area contributed by atoms with Crippen molar-refractivity contribution in [3.05, 3.63) is 57.0 Å². The number of sulfonamides is 1. The lowest BCUT2D eigenvalue weighted by molar-refractivity contribution is 0.601. The molecule has 0 radical (unpaired) electrons. The minimum Gasteiger partial charge on any atom is -0.279 e. The highest BCUT2D eigenvalue weighted by atomic mass is 79.9. The van der Waals surface area contributed by atoms with Gasteiger partial charge in [-0.3, -0.25) is 4.72 Å². The van der Waals surface area contributed by atoms with Crippen LogP contribution in [0.25, 0.3) is 0 Å². The van der Waals surface area contributed by atoms with E-state index in [9.17, 15) is 8.42 Å². The van der Waals surface area contributed by atoms with E-state index in [0.29, 0.717) is 15.2 Å². The van der Waals surface area contributed by atoms with Gasteiger partial charge in [-0.05, 0) is 59.1 Å². The fourth-order valence-corrected chi connectivity index (χ4v) is 3.69. The van der Waals surface area contributed by atoms with E-state index in [1.54, 1.807) is 6.07 Å². The Morgan fingerprint density at radius 3 is 2.25 bits per heavy atom. The molecule has 0 aliphatic carbocycles. The van der Waals surface area contributed by atoms with E-state index in [-0.39, 0.29) is 4.90 Å². The molecule has 0 unspecified atom stereocenters. The number of halogens is 2. The smallest absolute Gasteiger partial charge is 0.261 e. The van der Waals surface area contributed by atoms with Crippen LogP contribution in [0.4, 0.5) is 5.69 Å². The van der Waals surface area contributed by atoms with E-state index in [2.05, 4.69) is 20.7 Å². The quantitative estimate of drug-likeness (QED) is 0.858. The molecule has 106 valence electrons. The standard InChI is InChI=1S/C14H13BrClNO2S/c1-9-4-3-5-10(2)14(9)17-20(18,19)11-6-7-13(16)12(15)8-11/h3-8,17H,1-2H3. The van der Waals surface area contributed by atoms with Crippen LogP contribution < -0.4 is 4.72 Å². The summed E-state index contributed by atoms with van der Waals surface area (Å²) in [5.74, 6) is 0. The summed E-state index contributed by atoms with van der Waals surface area (Å²) in [6.45, 7) is 3.73. The predicted molar refractivity (Wildman–Crippen MR) is 85.9 cm³/mol. The number of aryl methyl sites for hydroxylation is 2. The molecule has 0 amide bonds. The second-order valence-corrected chi connectivity index (χ2v) is 7.39. The summed E-state index contributed by atoms with van der Waals surface area (Å²) >= 11 is 9.11. The summed E-state index contributed by atoms with van der Waals surface area (Å²) in [5, 5.41) is 0.469. The lowest BCUT2D eigenvalue weighted by Gasteiger charge is -2.13. The molecule has 2 aromatic carbocycles. The first kappa shape index (κ1) is 15.4. The number of anilines is 1. The minimum atomic E-state index is -3.64. The van der Waals surface area contributed by atoms with Crippen molar-refractivity contribution in [1.82, 2.24) is 0 Å². The average molecular weight is 375 g/mol. The van der Waals surface area contributed by atoms with Crippen LogP contribution in [0.15, 0.2) is 45.8 Å². The van der Waals surface area contributed by atoms with Crippen LogP contribution in [-0.4, -0.2) is 8.42 Å². The molecule has 0 aliphatic rings. The molecule has 0 saturated heterocycles. The van der Waals surface area contributed by atoms with Gasteiger partial charge in [0.25, 0.3) is 10.0 Å². The molecule has 0 aromatic heterocycles. The zero-order valence-electron chi connectivity index (χ0n) is 10.9. The van der Waals surface area contributed by atoms with Crippen LogP contribution in [0.5, 0.6) is 0 Å². The first-order valence-electron chi connectivity index (χ1n) is 5.85. The van der Waals surface area contributed by atoms with Crippen LogP contribution in [0.3, 0.4) is 0 Å². The molecule has 0 heterocycles. The average Bonchev–Trinajstić information content (AvgIpc) is 2.37. The van der Waals surface area contributed by atoms with Crippen molar-refractivity contribution in [2.75, 3.05) is 4.72 Å². The topological polar surface area (TPSA) is 46.2 Å². The van der Waals surface area contributed by atoms with Crippen molar-refractivity contribution in [3.63, 3.8) is 0 Å². The zero-order valence-corrected chi connectivity index (χ0v) is 14.1. The first-order chi connectivity index (χ1) is 9.31. The van der Waals surface area contributed by atoms with Crippen LogP contribution in [-0.2, 0) is 10.0 Å². The van der Waals surface area contributed by atoms with Crippen molar-refractivity contribution in [3.8, 4) is 0 Å². The number of hydrogen-bond donors (Lipinski definition) is 1. The minimum absolute atomic E-state index is 0.163. The molecule has 0 aliphatic heterocycles. The number of para-hydroxylation sites is 1. The molecule has 0 fully saturated rings. The summed E-state index contributed by atoms with van der Waals surface area (Å²) in [4.78, 5) is 0.163. The molecule has 0 atom stereocenters. The number of benzene rings is 2. The third-order valence-corrected chi connectivity index (χ3v) is 5.48. The third kappa shape index (κ3) is 3.16. The van der Waals surface area contributed by atoms with Crippen LogP contribution in [0.2, 0.25) is 5.02 Å². The van der Waals surface area contributed by atoms with Gasteiger partial charge >= 0.3 is 0 Å². The molecule has 2 rings (SSSR count). The van der Waals surface area contributed by atoms with Crippen molar-refractivity contribution in [1.29, 1.82) is 0 Å². The fraction of sp³-hybridized carbons (Fsp3) is 0.143. The van der Waals surface area contributed by atoms with Crippen LogP contribution in [0, 0.1) is 13.8 Å². The van der Waals surface area contributed by atoms with Gasteiger partial charge in [0.2, 0.25) is 0 Å². The van der Waals surface area contributed by atoms with Crippen molar-refractivity contribution >= 4 is 43.2 Å². The number of rotatable bonds is 3. The summed E-state index contributed by atoms with van der Waals surface area (Å²) in [5.41, 5.74) is 2.36. The zero-order chi connectivity index (χ0) is 14.9. The molecule has 20 heavy (non-hydrogen) atoms. The van der Waals surface area contributed by atoms with E-state index in [1.807, 2.05) is 32.0 Å². The third-order valence-electron chi connectivity index (χ3n) is 2.92. The lowest BCUT2D eigenvalue weighted by Crippen LogP contribution is -2.14. The monoisotopic (exact) mass is 373 g/mol. The molecule has 0 bridgehead atoms. The molecule has 3 nitrogen and oxygen atoms in total. The van der Waals surface area contributed by atoms with E-state index in [0.717, 1.165) is 11.1 Å². The highest BCUT2D eigenvalue weighted by Crippen LogP contribution is 2.28. The molecule has 0 saturated carbocycles. The van der Waals surface area contributed by atoms with Gasteiger partial charge in [-0.2, -0.15) is 0 Å². The molecule has 1 N–H and O–H groups in total. The van der Waals surface area contributed by atoms with Gasteiger partial charge in [-0.1, -0.05) is 29.8 Å². The molecule has 0 spiro atoms. The van der Waals surface area contributed by atoms with Gasteiger partial charge in [-0.25, -0.2) is 8.42 Å². The van der Waals surface area contributed by atoms with Crippen molar-refractivity contribution in [2.45, 2.75) is 18.7 Å². The van der Waals surface area contributed by atoms with Crippen molar-refractivity contribution in [2.24, 2.45) is 0 Å². The second kappa shape index (κ2) is 5.76. The Morgan fingerprint density at radius 2 is 1.70 bits per heavy atom. The van der Waals surface area contributed by atoms with E-state index >= 15 is 0 Å². The number of hydrogen-bond acceptors (Lipinski definition) is 2. The Bertz CT molecular complexity index is 740. The van der Waals surface area contributed by atoms with Crippen molar-refractivity contribution < 1.29 is 8.42 Å². The van der Waals surface area contributed by atoms with E-state index in [1.165, 1.54) is 12.1 Å². The first-order valence-corrected chi connectivity index (χ1v) is 8.51. The molecular formula is C14H13BrClNO2S. The van der Waals surface area contributed by atoms with Gasteiger partial charge in [-0.15, -0.1) is 0 Å². The SMILES string of the molecule is Cc1cccc(C)c1NS(=O)(=O)c1ccc(Cl)c(Br)c1. The molecule has 6 heteroatoms. The fourth-order valence-electron chi connectivity index (χ4n) is 1.81.